The maximum atomic E-state index is 6.00. The number of hydrogen-bond donors (Lipinski definition) is 0. The minimum atomic E-state index is -1.96. The second kappa shape index (κ2) is 12.7. The van der Waals surface area contributed by atoms with Crippen LogP contribution in [0.15, 0.2) is 4.09 Å². The summed E-state index contributed by atoms with van der Waals surface area (Å²) in [6, 6.07) is 0. The Hall–Kier alpha value is 1.23. The molecule has 0 aliphatic heterocycles. The van der Waals surface area contributed by atoms with Crippen LogP contribution in [0.4, 0.5) is 0 Å². The van der Waals surface area contributed by atoms with Gasteiger partial charge in [-0.1, -0.05) is 0 Å². The molecular formula is C14H29SnW-. The normalized spacial score (nSPS) is 10.9. The van der Waals surface area contributed by atoms with Crippen LogP contribution >= 0.6 is 0 Å². The fourth-order valence-corrected chi connectivity index (χ4v) is 14.8. The summed E-state index contributed by atoms with van der Waals surface area (Å²) < 4.78 is 6.72. The number of rotatable bonds is 10. The molecule has 0 radical (unpaired) electrons. The predicted molar refractivity (Wildman–Crippen MR) is 73.8 cm³/mol. The van der Waals surface area contributed by atoms with Gasteiger partial charge in [-0.25, -0.2) is 0 Å². The Kier molecular flexibility index (Phi) is 15.5. The summed E-state index contributed by atoms with van der Waals surface area (Å²) in [5.41, 5.74) is 0. The van der Waals surface area contributed by atoms with Gasteiger partial charge in [0.05, 0.1) is 0 Å². The molecule has 0 aliphatic carbocycles. The van der Waals surface area contributed by atoms with Gasteiger partial charge in [-0.05, 0) is 0 Å². The van der Waals surface area contributed by atoms with E-state index in [1.165, 1.54) is 51.8 Å². The summed E-state index contributed by atoms with van der Waals surface area (Å²) in [5, 5.41) is 0. The molecule has 2 heteroatoms. The van der Waals surface area contributed by atoms with Crippen molar-refractivity contribution in [2.75, 3.05) is 0 Å². The van der Waals surface area contributed by atoms with Gasteiger partial charge in [0, 0.05) is 21.1 Å². The van der Waals surface area contributed by atoms with E-state index in [2.05, 4.69) is 24.9 Å². The fraction of sp³-hybridized carbons (Fsp3) is 0.857. The largest absolute Gasteiger partial charge is 0 e. The first kappa shape index (κ1) is 19.6. The first-order chi connectivity index (χ1) is 7.24. The van der Waals surface area contributed by atoms with E-state index in [-0.39, 0.29) is 21.1 Å². The van der Waals surface area contributed by atoms with Gasteiger partial charge >= 0.3 is 102 Å². The topological polar surface area (TPSA) is 0 Å². The molecule has 0 spiro atoms. The summed E-state index contributed by atoms with van der Waals surface area (Å²) >= 11 is -1.96. The first-order valence-corrected chi connectivity index (χ1v) is 14.5. The van der Waals surface area contributed by atoms with Crippen molar-refractivity contribution >= 4 is 18.4 Å². The molecular weight excluding hydrogens is 471 g/mol. The molecule has 0 rings (SSSR count). The zero-order chi connectivity index (χ0) is 11.6. The SMILES string of the molecule is [CH-]=[CH][Sn]([CH2]CCC)([CH2]CCC)[CH2]CCC.[W]. The second-order valence-electron chi connectivity index (χ2n) is 4.84. The van der Waals surface area contributed by atoms with E-state index >= 15 is 0 Å². The van der Waals surface area contributed by atoms with E-state index in [9.17, 15) is 0 Å². The molecule has 0 unspecified atom stereocenters. The summed E-state index contributed by atoms with van der Waals surface area (Å²) in [6.45, 7) is 12.9. The molecule has 0 aliphatic rings. The van der Waals surface area contributed by atoms with Gasteiger partial charge < -0.3 is 0 Å². The van der Waals surface area contributed by atoms with Crippen molar-refractivity contribution in [3.63, 3.8) is 0 Å². The average molecular weight is 500 g/mol. The molecule has 0 aromatic carbocycles. The Balaban J connectivity index is 0. The van der Waals surface area contributed by atoms with Crippen molar-refractivity contribution in [1.29, 1.82) is 0 Å². The maximum Gasteiger partial charge on any atom is 0 e. The molecule has 0 aromatic heterocycles. The van der Waals surface area contributed by atoms with Crippen LogP contribution in [0, 0.1) is 6.58 Å². The van der Waals surface area contributed by atoms with Gasteiger partial charge in [-0.15, -0.1) is 0 Å². The number of hydrogen-bond acceptors (Lipinski definition) is 0. The zero-order valence-corrected chi connectivity index (χ0v) is 17.2. The molecule has 0 nitrogen and oxygen atoms in total. The van der Waals surface area contributed by atoms with Crippen molar-refractivity contribution in [2.24, 2.45) is 0 Å². The Bertz CT molecular complexity index is 135. The minimum Gasteiger partial charge on any atom is 0 e. The van der Waals surface area contributed by atoms with Crippen molar-refractivity contribution in [2.45, 2.75) is 72.6 Å². The molecule has 0 amide bonds. The van der Waals surface area contributed by atoms with Crippen molar-refractivity contribution in [3.05, 3.63) is 10.7 Å². The summed E-state index contributed by atoms with van der Waals surface area (Å²) in [7, 11) is 0. The molecule has 96 valence electrons. The summed E-state index contributed by atoms with van der Waals surface area (Å²) in [5.74, 6) is 0. The van der Waals surface area contributed by atoms with Crippen LogP contribution in [0.25, 0.3) is 0 Å². The van der Waals surface area contributed by atoms with Crippen molar-refractivity contribution < 1.29 is 21.1 Å². The van der Waals surface area contributed by atoms with E-state index < -0.39 is 18.4 Å². The van der Waals surface area contributed by atoms with Gasteiger partial charge in [0.25, 0.3) is 0 Å². The van der Waals surface area contributed by atoms with Gasteiger partial charge in [-0.3, -0.25) is 0 Å². The minimum absolute atomic E-state index is 0. The third-order valence-electron chi connectivity index (χ3n) is 3.44. The van der Waals surface area contributed by atoms with Gasteiger partial charge in [0.2, 0.25) is 0 Å². The molecule has 0 aromatic rings. The molecule has 16 heavy (non-hydrogen) atoms. The monoisotopic (exact) mass is 501 g/mol. The molecule has 0 saturated carbocycles. The van der Waals surface area contributed by atoms with Crippen LogP contribution in [-0.4, -0.2) is 18.4 Å². The van der Waals surface area contributed by atoms with Crippen LogP contribution in [0.3, 0.4) is 0 Å². The standard InChI is InChI=1S/3C4H9.C2H2.Sn.W/c3*1-3-4-2;1-2;;/h3*1,3-4H2,2H3;1-2H;;/q;;;-1;;. The summed E-state index contributed by atoms with van der Waals surface area (Å²) in [4.78, 5) is 0. The van der Waals surface area contributed by atoms with E-state index in [1.54, 1.807) is 0 Å². The molecule has 0 bridgehead atoms. The van der Waals surface area contributed by atoms with Crippen LogP contribution in [0.1, 0.15) is 59.3 Å². The second-order valence-corrected chi connectivity index (χ2v) is 17.8. The Morgan fingerprint density at radius 1 is 0.812 bits per heavy atom. The van der Waals surface area contributed by atoms with Crippen molar-refractivity contribution in [3.8, 4) is 0 Å². The van der Waals surface area contributed by atoms with Crippen molar-refractivity contribution in [1.82, 2.24) is 0 Å². The third kappa shape index (κ3) is 8.34. The third-order valence-corrected chi connectivity index (χ3v) is 17.0. The molecule has 0 heterocycles. The molecule has 0 atom stereocenters. The Labute approximate surface area is 122 Å². The molecule has 0 saturated heterocycles. The van der Waals surface area contributed by atoms with Crippen LogP contribution in [0.2, 0.25) is 13.3 Å². The van der Waals surface area contributed by atoms with E-state index in [0.717, 1.165) is 0 Å². The zero-order valence-electron chi connectivity index (χ0n) is 11.4. The quantitative estimate of drug-likeness (QED) is 0.280. The maximum absolute atomic E-state index is 6.00. The average Bonchev–Trinajstić information content (AvgIpc) is 2.29. The fourth-order valence-electron chi connectivity index (χ4n) is 2.21. The molecule has 0 fully saturated rings. The Morgan fingerprint density at radius 2 is 1.12 bits per heavy atom. The number of unbranched alkanes of at least 4 members (excludes halogenated alkanes) is 3. The Morgan fingerprint density at radius 3 is 1.31 bits per heavy atom. The predicted octanol–water partition coefficient (Wildman–Crippen LogP) is 5.36. The smallest absolute Gasteiger partial charge is 0 e. The van der Waals surface area contributed by atoms with E-state index in [0.29, 0.717) is 0 Å². The summed E-state index contributed by atoms with van der Waals surface area (Å²) in [6.07, 6.45) is 8.26. The van der Waals surface area contributed by atoms with Gasteiger partial charge in [0.15, 0.2) is 0 Å². The van der Waals surface area contributed by atoms with Gasteiger partial charge in [0.1, 0.15) is 0 Å². The van der Waals surface area contributed by atoms with Crippen LogP contribution in [0.5, 0.6) is 0 Å². The van der Waals surface area contributed by atoms with Crippen LogP contribution in [-0.2, 0) is 21.1 Å². The van der Waals surface area contributed by atoms with Crippen LogP contribution < -0.4 is 0 Å². The van der Waals surface area contributed by atoms with Gasteiger partial charge in [-0.2, -0.15) is 0 Å². The molecule has 0 N–H and O–H groups in total. The van der Waals surface area contributed by atoms with E-state index in [1.807, 2.05) is 0 Å². The van der Waals surface area contributed by atoms with E-state index in [4.69, 9.17) is 6.58 Å². The first-order valence-electron chi connectivity index (χ1n) is 6.80.